The number of carbonyl (C=O) groups is 1. The Morgan fingerprint density at radius 2 is 1.89 bits per heavy atom. The minimum Gasteiger partial charge on any atom is -0.444 e. The van der Waals surface area contributed by atoms with Gasteiger partial charge >= 0.3 is 0 Å². The first-order chi connectivity index (χ1) is 13.1. The number of piperazine rings is 1. The summed E-state index contributed by atoms with van der Waals surface area (Å²) in [6.45, 7) is 3.80. The van der Waals surface area contributed by atoms with Gasteiger partial charge in [-0.1, -0.05) is 23.7 Å². The summed E-state index contributed by atoms with van der Waals surface area (Å²) in [5, 5.41) is 3.82. The Labute approximate surface area is 174 Å². The van der Waals surface area contributed by atoms with E-state index in [9.17, 15) is 4.79 Å². The van der Waals surface area contributed by atoms with Crippen LogP contribution in [0, 0.1) is 0 Å². The highest BCUT2D eigenvalue weighted by Gasteiger charge is 2.24. The average Bonchev–Trinajstić information content (AvgIpc) is 3.32. The second kappa shape index (κ2) is 8.14. The van der Waals surface area contributed by atoms with Crippen molar-refractivity contribution in [1.82, 2.24) is 14.8 Å². The second-order valence-corrected chi connectivity index (χ2v) is 8.40. The Balaban J connectivity index is 1.33. The van der Waals surface area contributed by atoms with Crippen LogP contribution < -0.4 is 0 Å². The Kier molecular flexibility index (Phi) is 5.63. The van der Waals surface area contributed by atoms with Crippen molar-refractivity contribution < 1.29 is 9.21 Å². The number of hydrogen-bond donors (Lipinski definition) is 0. The van der Waals surface area contributed by atoms with E-state index in [4.69, 9.17) is 21.0 Å². The third kappa shape index (κ3) is 4.43. The molecular weight excluding hydrogens is 450 g/mol. The van der Waals surface area contributed by atoms with Gasteiger partial charge in [0, 0.05) is 48.7 Å². The maximum absolute atomic E-state index is 12.4. The van der Waals surface area contributed by atoms with Crippen LogP contribution in [0.25, 0.3) is 10.6 Å². The van der Waals surface area contributed by atoms with Crippen LogP contribution in [-0.4, -0.2) is 46.9 Å². The van der Waals surface area contributed by atoms with Crippen molar-refractivity contribution >= 4 is 44.8 Å². The van der Waals surface area contributed by atoms with Crippen molar-refractivity contribution in [1.29, 1.82) is 0 Å². The molecule has 1 saturated heterocycles. The fourth-order valence-electron chi connectivity index (χ4n) is 3.03. The Morgan fingerprint density at radius 1 is 1.15 bits per heavy atom. The van der Waals surface area contributed by atoms with Crippen molar-refractivity contribution in [2.24, 2.45) is 0 Å². The molecule has 1 fully saturated rings. The molecule has 0 bridgehead atoms. The molecule has 1 aliphatic rings. The molecule has 27 heavy (non-hydrogen) atoms. The summed E-state index contributed by atoms with van der Waals surface area (Å²) in [5.74, 6) is 0.321. The number of amides is 1. The van der Waals surface area contributed by atoms with Gasteiger partial charge < -0.3 is 9.32 Å². The molecule has 0 spiro atoms. The van der Waals surface area contributed by atoms with Crippen LogP contribution in [-0.2, 0) is 6.54 Å². The van der Waals surface area contributed by atoms with Crippen LogP contribution in [0.15, 0.2) is 50.9 Å². The zero-order valence-electron chi connectivity index (χ0n) is 14.4. The lowest BCUT2D eigenvalue weighted by molar-refractivity contribution is 0.0595. The number of furan rings is 1. The first-order valence-electron chi connectivity index (χ1n) is 8.56. The van der Waals surface area contributed by atoms with Crippen molar-refractivity contribution in [2.75, 3.05) is 26.2 Å². The maximum Gasteiger partial charge on any atom is 0.289 e. The normalized spacial score (nSPS) is 15.3. The summed E-state index contributed by atoms with van der Waals surface area (Å²) in [7, 11) is 0. The molecular formula is C19H17BrClN3O2S. The lowest BCUT2D eigenvalue weighted by Crippen LogP contribution is -2.48. The summed E-state index contributed by atoms with van der Waals surface area (Å²) >= 11 is 10.8. The van der Waals surface area contributed by atoms with Crippen LogP contribution in [0.1, 0.15) is 16.2 Å². The monoisotopic (exact) mass is 465 g/mol. The van der Waals surface area contributed by atoms with Gasteiger partial charge in [-0.25, -0.2) is 4.98 Å². The van der Waals surface area contributed by atoms with Gasteiger partial charge in [-0.3, -0.25) is 9.69 Å². The highest BCUT2D eigenvalue weighted by molar-refractivity contribution is 9.10. The molecule has 0 aliphatic carbocycles. The van der Waals surface area contributed by atoms with E-state index in [0.29, 0.717) is 23.5 Å². The molecule has 0 N–H and O–H groups in total. The first kappa shape index (κ1) is 18.7. The fourth-order valence-corrected chi connectivity index (χ4v) is 4.28. The molecule has 0 radical (unpaired) electrons. The molecule has 3 aromatic rings. The van der Waals surface area contributed by atoms with Gasteiger partial charge in [-0.15, -0.1) is 11.3 Å². The van der Waals surface area contributed by atoms with Gasteiger partial charge in [0.25, 0.3) is 5.91 Å². The topological polar surface area (TPSA) is 49.6 Å². The maximum atomic E-state index is 12.4. The molecule has 140 valence electrons. The van der Waals surface area contributed by atoms with Gasteiger partial charge in [-0.2, -0.15) is 0 Å². The zero-order valence-corrected chi connectivity index (χ0v) is 17.6. The minimum absolute atomic E-state index is 0.0565. The van der Waals surface area contributed by atoms with E-state index in [1.165, 1.54) is 0 Å². The summed E-state index contributed by atoms with van der Waals surface area (Å²) in [5.41, 5.74) is 2.13. The Hall–Kier alpha value is -1.67. The number of carbonyl (C=O) groups excluding carboxylic acids is 1. The molecule has 3 heterocycles. The molecule has 0 unspecified atom stereocenters. The van der Waals surface area contributed by atoms with Gasteiger partial charge in [0.15, 0.2) is 10.4 Å². The lowest BCUT2D eigenvalue weighted by atomic mass is 10.2. The molecule has 0 atom stereocenters. The largest absolute Gasteiger partial charge is 0.444 e. The number of rotatable bonds is 4. The van der Waals surface area contributed by atoms with Crippen LogP contribution in [0.2, 0.25) is 5.02 Å². The number of halogens is 2. The van der Waals surface area contributed by atoms with Gasteiger partial charge in [0.1, 0.15) is 5.01 Å². The lowest BCUT2D eigenvalue weighted by Gasteiger charge is -2.33. The second-order valence-electron chi connectivity index (χ2n) is 6.32. The summed E-state index contributed by atoms with van der Waals surface area (Å²) in [6.07, 6.45) is 0. The van der Waals surface area contributed by atoms with E-state index in [-0.39, 0.29) is 5.91 Å². The molecule has 8 heteroatoms. The van der Waals surface area contributed by atoms with E-state index in [1.54, 1.807) is 23.5 Å². The predicted octanol–water partition coefficient (Wildman–Crippen LogP) is 4.78. The number of aromatic nitrogens is 1. The third-order valence-electron chi connectivity index (χ3n) is 4.47. The number of thiazole rings is 1. The van der Waals surface area contributed by atoms with Crippen LogP contribution in [0.3, 0.4) is 0 Å². The smallest absolute Gasteiger partial charge is 0.289 e. The molecule has 1 aliphatic heterocycles. The Bertz CT molecular complexity index is 933. The third-order valence-corrected chi connectivity index (χ3v) is 6.09. The number of hydrogen-bond acceptors (Lipinski definition) is 5. The summed E-state index contributed by atoms with van der Waals surface area (Å²) in [6, 6.07) is 11.2. The SMILES string of the molecule is O=C(c1ccc(Br)o1)N1CCN(Cc2csc(-c3ccc(Cl)cc3)n2)CC1. The van der Waals surface area contributed by atoms with E-state index in [1.807, 2.05) is 29.2 Å². The van der Waals surface area contributed by atoms with Gasteiger partial charge in [0.05, 0.1) is 5.69 Å². The highest BCUT2D eigenvalue weighted by Crippen LogP contribution is 2.26. The molecule has 5 nitrogen and oxygen atoms in total. The fraction of sp³-hybridized carbons (Fsp3) is 0.263. The van der Waals surface area contributed by atoms with Gasteiger partial charge in [0.2, 0.25) is 0 Å². The van der Waals surface area contributed by atoms with Crippen molar-refractivity contribution in [3.8, 4) is 10.6 Å². The summed E-state index contributed by atoms with van der Waals surface area (Å²) in [4.78, 5) is 21.3. The van der Waals surface area contributed by atoms with E-state index >= 15 is 0 Å². The molecule has 1 amide bonds. The van der Waals surface area contributed by atoms with Crippen LogP contribution >= 0.6 is 38.9 Å². The van der Waals surface area contributed by atoms with Crippen LogP contribution in [0.4, 0.5) is 0 Å². The number of nitrogens with zero attached hydrogens (tertiary/aromatic N) is 3. The van der Waals surface area contributed by atoms with Crippen LogP contribution in [0.5, 0.6) is 0 Å². The van der Waals surface area contributed by atoms with E-state index in [2.05, 4.69) is 26.2 Å². The number of benzene rings is 1. The molecule has 1 aromatic carbocycles. The van der Waals surface area contributed by atoms with E-state index in [0.717, 1.165) is 40.9 Å². The quantitative estimate of drug-likeness (QED) is 0.555. The van der Waals surface area contributed by atoms with Gasteiger partial charge in [-0.05, 0) is 40.2 Å². The molecule has 4 rings (SSSR count). The zero-order chi connectivity index (χ0) is 18.8. The summed E-state index contributed by atoms with van der Waals surface area (Å²) < 4.78 is 5.94. The first-order valence-corrected chi connectivity index (χ1v) is 10.6. The Morgan fingerprint density at radius 3 is 2.56 bits per heavy atom. The van der Waals surface area contributed by atoms with Crippen molar-refractivity contribution in [3.63, 3.8) is 0 Å². The minimum atomic E-state index is -0.0565. The predicted molar refractivity (Wildman–Crippen MR) is 110 cm³/mol. The van der Waals surface area contributed by atoms with Crippen molar-refractivity contribution in [3.05, 3.63) is 62.9 Å². The highest BCUT2D eigenvalue weighted by atomic mass is 79.9. The molecule has 0 saturated carbocycles. The standard InChI is InChI=1S/C19H17BrClN3O2S/c20-17-6-5-16(26-17)19(25)24-9-7-23(8-10-24)11-15-12-27-18(22-15)13-1-3-14(21)4-2-13/h1-6,12H,7-11H2. The average molecular weight is 467 g/mol. The van der Waals surface area contributed by atoms with E-state index < -0.39 is 0 Å². The molecule has 2 aromatic heterocycles. The van der Waals surface area contributed by atoms with Crippen molar-refractivity contribution in [2.45, 2.75) is 6.54 Å².